The van der Waals surface area contributed by atoms with Crippen LogP contribution in [-0.4, -0.2) is 22.3 Å². The molecule has 0 saturated carbocycles. The van der Waals surface area contributed by atoms with Gasteiger partial charge in [0.05, 0.1) is 5.69 Å². The first kappa shape index (κ1) is 16.3. The maximum atomic E-state index is 12.3. The zero-order valence-electron chi connectivity index (χ0n) is 13.8. The van der Waals surface area contributed by atoms with Crippen LogP contribution < -0.4 is 4.74 Å². The Morgan fingerprint density at radius 3 is 2.55 bits per heavy atom. The minimum Gasteiger partial charge on any atom is -0.484 e. The Labute approximate surface area is 132 Å². The summed E-state index contributed by atoms with van der Waals surface area (Å²) in [7, 11) is 0. The quantitative estimate of drug-likeness (QED) is 0.815. The number of ether oxygens (including phenoxy) is 1. The molecule has 0 spiro atoms. The first-order valence-corrected chi connectivity index (χ1v) is 7.75. The zero-order chi connectivity index (χ0) is 16.1. The van der Waals surface area contributed by atoms with E-state index in [2.05, 4.69) is 18.9 Å². The predicted molar refractivity (Wildman–Crippen MR) is 87.4 cm³/mol. The van der Waals surface area contributed by atoms with Crippen molar-refractivity contribution in [2.24, 2.45) is 5.92 Å². The van der Waals surface area contributed by atoms with Gasteiger partial charge < -0.3 is 4.74 Å². The zero-order valence-corrected chi connectivity index (χ0v) is 13.8. The van der Waals surface area contributed by atoms with Crippen molar-refractivity contribution >= 4 is 5.91 Å². The van der Waals surface area contributed by atoms with Crippen molar-refractivity contribution in [1.82, 2.24) is 9.78 Å². The number of nitrogens with zero attached hydrogens (tertiary/aromatic N) is 2. The fraction of sp³-hybridized carbons (Fsp3) is 0.444. The smallest absolute Gasteiger partial charge is 0.284 e. The molecule has 0 aliphatic rings. The number of rotatable bonds is 6. The van der Waals surface area contributed by atoms with Gasteiger partial charge in [-0.15, -0.1) is 0 Å². The molecule has 0 unspecified atom stereocenters. The van der Waals surface area contributed by atoms with Crippen LogP contribution in [0.15, 0.2) is 30.3 Å². The number of hydrogen-bond acceptors (Lipinski definition) is 3. The number of para-hydroxylation sites is 1. The molecular formula is C18H24N2O2. The van der Waals surface area contributed by atoms with E-state index in [0.717, 1.165) is 24.2 Å². The van der Waals surface area contributed by atoms with E-state index in [1.807, 2.05) is 44.2 Å². The topological polar surface area (TPSA) is 44.1 Å². The highest BCUT2D eigenvalue weighted by molar-refractivity contribution is 5.80. The molecule has 2 aromatic rings. The first-order chi connectivity index (χ1) is 10.5. The van der Waals surface area contributed by atoms with Gasteiger partial charge in [0.15, 0.2) is 6.61 Å². The standard InChI is InChI=1S/C18H24N2O2/c1-13(2)10-11-17-14(3)19-20(15(17)4)18(21)12-22-16-8-6-5-7-9-16/h5-9,13H,10-12H2,1-4H3. The van der Waals surface area contributed by atoms with E-state index in [9.17, 15) is 4.79 Å². The molecule has 0 radical (unpaired) electrons. The SMILES string of the molecule is Cc1nn(C(=O)COc2ccccc2)c(C)c1CCC(C)C. The maximum absolute atomic E-state index is 12.3. The first-order valence-electron chi connectivity index (χ1n) is 7.75. The van der Waals surface area contributed by atoms with Crippen LogP contribution in [0, 0.1) is 19.8 Å². The summed E-state index contributed by atoms with van der Waals surface area (Å²) in [5.74, 6) is 1.19. The van der Waals surface area contributed by atoms with Gasteiger partial charge >= 0.3 is 0 Å². The normalized spacial score (nSPS) is 11.0. The molecule has 0 fully saturated rings. The van der Waals surface area contributed by atoms with E-state index in [0.29, 0.717) is 11.7 Å². The summed E-state index contributed by atoms with van der Waals surface area (Å²) in [5, 5.41) is 4.39. The van der Waals surface area contributed by atoms with Gasteiger partial charge in [0.2, 0.25) is 0 Å². The Morgan fingerprint density at radius 2 is 1.91 bits per heavy atom. The lowest BCUT2D eigenvalue weighted by Crippen LogP contribution is -2.21. The molecule has 1 aromatic carbocycles. The van der Waals surface area contributed by atoms with Crippen molar-refractivity contribution in [2.45, 2.75) is 40.5 Å². The van der Waals surface area contributed by atoms with Gasteiger partial charge in [-0.25, -0.2) is 4.68 Å². The van der Waals surface area contributed by atoms with Crippen LogP contribution in [0.2, 0.25) is 0 Å². The highest BCUT2D eigenvalue weighted by Crippen LogP contribution is 2.17. The van der Waals surface area contributed by atoms with Crippen molar-refractivity contribution < 1.29 is 9.53 Å². The summed E-state index contributed by atoms with van der Waals surface area (Å²) >= 11 is 0. The van der Waals surface area contributed by atoms with Crippen molar-refractivity contribution in [2.75, 3.05) is 6.61 Å². The van der Waals surface area contributed by atoms with E-state index in [4.69, 9.17) is 4.74 Å². The van der Waals surface area contributed by atoms with Crippen LogP contribution in [0.4, 0.5) is 0 Å². The van der Waals surface area contributed by atoms with Gasteiger partial charge in [-0.05, 0) is 50.3 Å². The molecule has 0 N–H and O–H groups in total. The van der Waals surface area contributed by atoms with Crippen LogP contribution in [-0.2, 0) is 6.42 Å². The van der Waals surface area contributed by atoms with Gasteiger partial charge in [0.25, 0.3) is 5.91 Å². The van der Waals surface area contributed by atoms with Crippen molar-refractivity contribution in [3.05, 3.63) is 47.3 Å². The van der Waals surface area contributed by atoms with E-state index in [1.165, 1.54) is 10.2 Å². The molecule has 4 nitrogen and oxygen atoms in total. The lowest BCUT2D eigenvalue weighted by Gasteiger charge is -2.07. The number of carbonyl (C=O) groups excluding carboxylic acids is 1. The Morgan fingerprint density at radius 1 is 1.23 bits per heavy atom. The Bertz CT molecular complexity index is 630. The van der Waals surface area contributed by atoms with Gasteiger partial charge in [-0.3, -0.25) is 4.79 Å². The van der Waals surface area contributed by atoms with E-state index in [-0.39, 0.29) is 12.5 Å². The van der Waals surface area contributed by atoms with E-state index >= 15 is 0 Å². The Kier molecular flexibility index (Phi) is 5.36. The second-order valence-electron chi connectivity index (χ2n) is 5.99. The summed E-state index contributed by atoms with van der Waals surface area (Å²) < 4.78 is 6.99. The summed E-state index contributed by atoms with van der Waals surface area (Å²) in [6.07, 6.45) is 2.06. The third-order valence-electron chi connectivity index (χ3n) is 3.75. The lowest BCUT2D eigenvalue weighted by molar-refractivity contribution is 0.0818. The lowest BCUT2D eigenvalue weighted by atomic mass is 10.0. The number of benzene rings is 1. The Balaban J connectivity index is 2.05. The summed E-state index contributed by atoms with van der Waals surface area (Å²) in [5.41, 5.74) is 3.05. The van der Waals surface area contributed by atoms with Crippen LogP contribution in [0.5, 0.6) is 5.75 Å². The molecule has 0 atom stereocenters. The van der Waals surface area contributed by atoms with Crippen LogP contribution >= 0.6 is 0 Å². The summed E-state index contributed by atoms with van der Waals surface area (Å²) in [6, 6.07) is 9.35. The van der Waals surface area contributed by atoms with Crippen LogP contribution in [0.1, 0.15) is 42.0 Å². The van der Waals surface area contributed by atoms with Crippen molar-refractivity contribution in [1.29, 1.82) is 0 Å². The summed E-state index contributed by atoms with van der Waals surface area (Å²) in [6.45, 7) is 8.32. The summed E-state index contributed by atoms with van der Waals surface area (Å²) in [4.78, 5) is 12.3. The monoisotopic (exact) mass is 300 g/mol. The minimum absolute atomic E-state index is 0.00437. The molecule has 0 amide bonds. The molecule has 0 aliphatic heterocycles. The fourth-order valence-corrected chi connectivity index (χ4v) is 2.44. The molecule has 1 heterocycles. The van der Waals surface area contributed by atoms with Crippen LogP contribution in [0.3, 0.4) is 0 Å². The number of aromatic nitrogens is 2. The molecule has 22 heavy (non-hydrogen) atoms. The van der Waals surface area contributed by atoms with E-state index < -0.39 is 0 Å². The predicted octanol–water partition coefficient (Wildman–Crippen LogP) is 3.81. The van der Waals surface area contributed by atoms with Gasteiger partial charge in [0.1, 0.15) is 5.75 Å². The average Bonchev–Trinajstić information content (AvgIpc) is 2.78. The van der Waals surface area contributed by atoms with Crippen molar-refractivity contribution in [3.8, 4) is 5.75 Å². The minimum atomic E-state index is -0.139. The maximum Gasteiger partial charge on any atom is 0.284 e. The molecular weight excluding hydrogens is 276 g/mol. The third-order valence-corrected chi connectivity index (χ3v) is 3.75. The molecule has 0 bridgehead atoms. The number of hydrogen-bond donors (Lipinski definition) is 0. The molecule has 0 saturated heterocycles. The molecule has 4 heteroatoms. The number of carbonyl (C=O) groups is 1. The highest BCUT2D eigenvalue weighted by atomic mass is 16.5. The largest absolute Gasteiger partial charge is 0.484 e. The fourth-order valence-electron chi connectivity index (χ4n) is 2.44. The highest BCUT2D eigenvalue weighted by Gasteiger charge is 2.17. The molecule has 118 valence electrons. The van der Waals surface area contributed by atoms with E-state index in [1.54, 1.807) is 0 Å². The number of aryl methyl sites for hydroxylation is 1. The third kappa shape index (κ3) is 3.97. The molecule has 0 aliphatic carbocycles. The van der Waals surface area contributed by atoms with Gasteiger partial charge in [-0.2, -0.15) is 5.10 Å². The van der Waals surface area contributed by atoms with Crippen molar-refractivity contribution in [3.63, 3.8) is 0 Å². The second-order valence-corrected chi connectivity index (χ2v) is 5.99. The van der Waals surface area contributed by atoms with Crippen LogP contribution in [0.25, 0.3) is 0 Å². The second kappa shape index (κ2) is 7.25. The van der Waals surface area contributed by atoms with Gasteiger partial charge in [-0.1, -0.05) is 32.0 Å². The van der Waals surface area contributed by atoms with Gasteiger partial charge in [0, 0.05) is 5.69 Å². The molecule has 1 aromatic heterocycles. The Hall–Kier alpha value is -2.10. The molecule has 2 rings (SSSR count). The average molecular weight is 300 g/mol.